The highest BCUT2D eigenvalue weighted by atomic mass is 32.2. The van der Waals surface area contributed by atoms with Gasteiger partial charge in [-0.15, -0.1) is 11.8 Å². The van der Waals surface area contributed by atoms with Gasteiger partial charge in [-0.3, -0.25) is 9.59 Å². The third-order valence-electron chi connectivity index (χ3n) is 4.31. The zero-order valence-electron chi connectivity index (χ0n) is 14.5. The number of carbonyl (C=O) groups excluding carboxylic acids is 2. The third kappa shape index (κ3) is 3.79. The summed E-state index contributed by atoms with van der Waals surface area (Å²) >= 11 is 1.57. The fraction of sp³-hybridized carbons (Fsp3) is 0.263. The van der Waals surface area contributed by atoms with E-state index in [-0.39, 0.29) is 18.2 Å². The summed E-state index contributed by atoms with van der Waals surface area (Å²) in [4.78, 5) is 25.7. The summed E-state index contributed by atoms with van der Waals surface area (Å²) in [7, 11) is 0. The molecule has 0 unspecified atom stereocenters. The summed E-state index contributed by atoms with van der Waals surface area (Å²) in [5.74, 6) is -0.384. The van der Waals surface area contributed by atoms with Gasteiger partial charge in [-0.05, 0) is 55.5 Å². The van der Waals surface area contributed by atoms with E-state index in [1.54, 1.807) is 11.8 Å². The predicted molar refractivity (Wildman–Crippen MR) is 103 cm³/mol. The van der Waals surface area contributed by atoms with Crippen molar-refractivity contribution in [3.05, 3.63) is 47.5 Å². The van der Waals surface area contributed by atoms with Crippen LogP contribution in [0.25, 0.3) is 0 Å². The van der Waals surface area contributed by atoms with Crippen molar-refractivity contribution in [1.29, 1.82) is 0 Å². The number of nitrogens with one attached hydrogen (secondary N) is 3. The first-order chi connectivity index (χ1) is 12.0. The summed E-state index contributed by atoms with van der Waals surface area (Å²) in [6, 6.07) is 11.0. The van der Waals surface area contributed by atoms with E-state index in [4.69, 9.17) is 0 Å². The number of amides is 2. The maximum Gasteiger partial charge on any atom is 0.247 e. The first kappa shape index (κ1) is 17.4. The highest BCUT2D eigenvalue weighted by molar-refractivity contribution is 7.98. The molecule has 1 aliphatic rings. The second-order valence-corrected chi connectivity index (χ2v) is 6.97. The second-order valence-electron chi connectivity index (χ2n) is 6.12. The topological polar surface area (TPSA) is 70.2 Å². The molecular formula is C19H21N3O2S. The van der Waals surface area contributed by atoms with Crippen LogP contribution in [0.2, 0.25) is 0 Å². The predicted octanol–water partition coefficient (Wildman–Crippen LogP) is 3.79. The van der Waals surface area contributed by atoms with E-state index in [1.807, 2.05) is 56.5 Å². The highest BCUT2D eigenvalue weighted by Crippen LogP contribution is 2.31. The fourth-order valence-corrected chi connectivity index (χ4v) is 3.34. The molecule has 0 bridgehead atoms. The Hall–Kier alpha value is -2.47. The van der Waals surface area contributed by atoms with Gasteiger partial charge in [0.15, 0.2) is 0 Å². The minimum Gasteiger partial charge on any atom is -0.372 e. The van der Waals surface area contributed by atoms with E-state index in [9.17, 15) is 9.59 Å². The van der Waals surface area contributed by atoms with E-state index in [1.165, 1.54) is 0 Å². The Morgan fingerprint density at radius 2 is 1.84 bits per heavy atom. The van der Waals surface area contributed by atoms with Crippen molar-refractivity contribution >= 4 is 40.6 Å². The van der Waals surface area contributed by atoms with Crippen molar-refractivity contribution in [2.24, 2.45) is 0 Å². The van der Waals surface area contributed by atoms with Gasteiger partial charge >= 0.3 is 0 Å². The minimum atomic E-state index is -0.587. The van der Waals surface area contributed by atoms with Gasteiger partial charge in [-0.2, -0.15) is 0 Å². The van der Waals surface area contributed by atoms with Crippen LogP contribution in [0.15, 0.2) is 41.3 Å². The number of fused-ring (bicyclic) bond motifs is 1. The normalized spacial score (nSPS) is 15.8. The van der Waals surface area contributed by atoms with E-state index in [0.717, 1.165) is 33.1 Å². The van der Waals surface area contributed by atoms with Gasteiger partial charge in [-0.25, -0.2) is 0 Å². The van der Waals surface area contributed by atoms with Crippen LogP contribution >= 0.6 is 11.8 Å². The molecule has 3 N–H and O–H groups in total. The zero-order valence-corrected chi connectivity index (χ0v) is 15.3. The van der Waals surface area contributed by atoms with Gasteiger partial charge in [0.1, 0.15) is 6.04 Å². The molecule has 25 heavy (non-hydrogen) atoms. The Balaban J connectivity index is 1.71. The number of carbonyl (C=O) groups is 2. The first-order valence-electron chi connectivity index (χ1n) is 8.09. The highest BCUT2D eigenvalue weighted by Gasteiger charge is 2.28. The molecule has 130 valence electrons. The molecule has 2 aromatic carbocycles. The molecule has 2 aromatic rings. The largest absolute Gasteiger partial charge is 0.372 e. The van der Waals surface area contributed by atoms with E-state index in [0.29, 0.717) is 0 Å². The molecule has 1 atom stereocenters. The smallest absolute Gasteiger partial charge is 0.247 e. The SMILES string of the molecule is CSc1ccccc1NC(=O)C[C@@H]1Nc2cc(C)c(C)cc2NC1=O. The van der Waals surface area contributed by atoms with Gasteiger partial charge in [0.25, 0.3) is 0 Å². The molecule has 0 spiro atoms. The summed E-state index contributed by atoms with van der Waals surface area (Å²) in [6.07, 6.45) is 2.03. The lowest BCUT2D eigenvalue weighted by molar-refractivity contribution is -0.122. The number of anilines is 3. The molecule has 0 saturated carbocycles. The van der Waals surface area contributed by atoms with Gasteiger partial charge in [-0.1, -0.05) is 12.1 Å². The molecule has 0 aromatic heterocycles. The first-order valence-corrected chi connectivity index (χ1v) is 9.32. The Kier molecular flexibility index (Phi) is 4.99. The number of hydrogen-bond donors (Lipinski definition) is 3. The summed E-state index contributed by atoms with van der Waals surface area (Å²) < 4.78 is 0. The summed E-state index contributed by atoms with van der Waals surface area (Å²) in [5, 5.41) is 8.96. The molecule has 0 saturated heterocycles. The number of thioether (sulfide) groups is 1. The van der Waals surface area contributed by atoms with Gasteiger partial charge in [0.05, 0.1) is 23.5 Å². The molecule has 1 heterocycles. The summed E-state index contributed by atoms with van der Waals surface area (Å²) in [6.45, 7) is 4.03. The van der Waals surface area contributed by atoms with Crippen molar-refractivity contribution in [2.45, 2.75) is 31.2 Å². The molecule has 6 heteroatoms. The number of para-hydroxylation sites is 1. The van der Waals surface area contributed by atoms with E-state index < -0.39 is 6.04 Å². The molecule has 0 radical (unpaired) electrons. The molecule has 0 fully saturated rings. The van der Waals surface area contributed by atoms with Crippen molar-refractivity contribution < 1.29 is 9.59 Å². The lowest BCUT2D eigenvalue weighted by atomic mass is 10.0. The quantitative estimate of drug-likeness (QED) is 0.730. The Morgan fingerprint density at radius 3 is 2.56 bits per heavy atom. The van der Waals surface area contributed by atoms with Crippen LogP contribution in [0.3, 0.4) is 0 Å². The monoisotopic (exact) mass is 355 g/mol. The van der Waals surface area contributed by atoms with Crippen LogP contribution in [-0.4, -0.2) is 24.1 Å². The second kappa shape index (κ2) is 7.19. The number of aryl methyl sites for hydroxylation is 2. The van der Waals surface area contributed by atoms with Crippen molar-refractivity contribution in [2.75, 3.05) is 22.2 Å². The van der Waals surface area contributed by atoms with Crippen LogP contribution < -0.4 is 16.0 Å². The molecule has 0 aliphatic carbocycles. The van der Waals surface area contributed by atoms with Crippen LogP contribution in [-0.2, 0) is 9.59 Å². The zero-order chi connectivity index (χ0) is 18.0. The molecular weight excluding hydrogens is 334 g/mol. The average molecular weight is 355 g/mol. The Bertz CT molecular complexity index is 835. The minimum absolute atomic E-state index is 0.0703. The van der Waals surface area contributed by atoms with E-state index >= 15 is 0 Å². The lowest BCUT2D eigenvalue weighted by Crippen LogP contribution is -2.41. The van der Waals surface area contributed by atoms with Crippen LogP contribution in [0.4, 0.5) is 17.1 Å². The van der Waals surface area contributed by atoms with Crippen molar-refractivity contribution in [1.82, 2.24) is 0 Å². The Labute approximate surface area is 151 Å². The third-order valence-corrected chi connectivity index (χ3v) is 5.10. The van der Waals surface area contributed by atoms with E-state index in [2.05, 4.69) is 16.0 Å². The molecule has 5 nitrogen and oxygen atoms in total. The average Bonchev–Trinajstić information content (AvgIpc) is 2.58. The maximum absolute atomic E-state index is 12.4. The van der Waals surface area contributed by atoms with Gasteiger partial charge in [0.2, 0.25) is 11.8 Å². The number of hydrogen-bond acceptors (Lipinski definition) is 4. The fourth-order valence-electron chi connectivity index (χ4n) is 2.79. The van der Waals surface area contributed by atoms with Crippen molar-refractivity contribution in [3.8, 4) is 0 Å². The molecule has 1 aliphatic heterocycles. The summed E-state index contributed by atoms with van der Waals surface area (Å²) in [5.41, 5.74) is 4.64. The van der Waals surface area contributed by atoms with Crippen LogP contribution in [0.5, 0.6) is 0 Å². The van der Waals surface area contributed by atoms with Crippen LogP contribution in [0.1, 0.15) is 17.5 Å². The van der Waals surface area contributed by atoms with Crippen LogP contribution in [0, 0.1) is 13.8 Å². The van der Waals surface area contributed by atoms with Gasteiger partial charge < -0.3 is 16.0 Å². The molecule has 2 amide bonds. The maximum atomic E-state index is 12.4. The number of rotatable bonds is 4. The molecule has 3 rings (SSSR count). The standard InChI is InChI=1S/C19H21N3O2S/c1-11-8-14-15(9-12(11)2)22-19(24)16(20-14)10-18(23)21-13-6-4-5-7-17(13)25-3/h4-9,16,20H,10H2,1-3H3,(H,21,23)(H,22,24)/t16-/m0/s1. The Morgan fingerprint density at radius 1 is 1.16 bits per heavy atom. The van der Waals surface area contributed by atoms with Gasteiger partial charge in [0, 0.05) is 4.90 Å². The van der Waals surface area contributed by atoms with Crippen molar-refractivity contribution in [3.63, 3.8) is 0 Å². The lowest BCUT2D eigenvalue weighted by Gasteiger charge is -2.27. The number of benzene rings is 2.